The van der Waals surface area contributed by atoms with Crippen molar-refractivity contribution >= 4 is 29.3 Å². The lowest BCUT2D eigenvalue weighted by Crippen LogP contribution is -2.31. The van der Waals surface area contributed by atoms with E-state index in [2.05, 4.69) is 25.5 Å². The van der Waals surface area contributed by atoms with Crippen molar-refractivity contribution in [1.29, 1.82) is 0 Å². The first-order valence-corrected chi connectivity index (χ1v) is 9.38. The lowest BCUT2D eigenvalue weighted by molar-refractivity contribution is 0.0955. The van der Waals surface area contributed by atoms with Gasteiger partial charge in [-0.25, -0.2) is 4.98 Å². The quantitative estimate of drug-likeness (QED) is 0.760. The first-order chi connectivity index (χ1) is 12.6. The van der Waals surface area contributed by atoms with Crippen LogP contribution in [0.1, 0.15) is 35.3 Å². The summed E-state index contributed by atoms with van der Waals surface area (Å²) in [6, 6.07) is 9.03. The van der Waals surface area contributed by atoms with Gasteiger partial charge in [-0.15, -0.1) is 0 Å². The molecule has 0 aliphatic carbocycles. The Kier molecular flexibility index (Phi) is 6.28. The number of carbonyl (C=O) groups excluding carboxylic acids is 1. The van der Waals surface area contributed by atoms with E-state index >= 15 is 0 Å². The van der Waals surface area contributed by atoms with E-state index in [9.17, 15) is 4.79 Å². The molecule has 3 rings (SSSR count). The van der Waals surface area contributed by atoms with Crippen LogP contribution in [0.5, 0.6) is 0 Å². The van der Waals surface area contributed by atoms with E-state index in [1.165, 1.54) is 19.3 Å². The third-order valence-corrected chi connectivity index (χ3v) is 4.66. The van der Waals surface area contributed by atoms with Crippen molar-refractivity contribution in [3.05, 3.63) is 46.6 Å². The molecule has 0 spiro atoms. The number of nitrogens with one attached hydrogen (secondary N) is 2. The van der Waals surface area contributed by atoms with E-state index in [1.54, 1.807) is 24.3 Å². The highest BCUT2D eigenvalue weighted by Crippen LogP contribution is 2.19. The number of benzene rings is 1. The van der Waals surface area contributed by atoms with Crippen molar-refractivity contribution in [3.8, 4) is 0 Å². The topological polar surface area (TPSA) is 70.2 Å². The van der Waals surface area contributed by atoms with Gasteiger partial charge < -0.3 is 15.5 Å². The summed E-state index contributed by atoms with van der Waals surface area (Å²) in [5.41, 5.74) is 1.41. The zero-order valence-corrected chi connectivity index (χ0v) is 15.7. The number of hydrogen-bond acceptors (Lipinski definition) is 5. The Balaban J connectivity index is 1.52. The van der Waals surface area contributed by atoms with Crippen LogP contribution < -0.4 is 15.5 Å². The molecule has 1 saturated heterocycles. The first kappa shape index (κ1) is 18.5. The summed E-state index contributed by atoms with van der Waals surface area (Å²) in [7, 11) is 0. The van der Waals surface area contributed by atoms with Crippen molar-refractivity contribution in [1.82, 2.24) is 15.3 Å². The van der Waals surface area contributed by atoms with Gasteiger partial charge in [-0.1, -0.05) is 23.7 Å². The molecule has 2 aromatic rings. The van der Waals surface area contributed by atoms with Crippen LogP contribution in [0.15, 0.2) is 30.3 Å². The first-order valence-electron chi connectivity index (χ1n) is 9.01. The molecule has 6 nitrogen and oxygen atoms in total. The molecule has 26 heavy (non-hydrogen) atoms. The van der Waals surface area contributed by atoms with E-state index in [-0.39, 0.29) is 5.91 Å². The smallest absolute Gasteiger partial charge is 0.252 e. The lowest BCUT2D eigenvalue weighted by Gasteiger charge is -2.28. The summed E-state index contributed by atoms with van der Waals surface area (Å²) < 4.78 is 0. The summed E-state index contributed by atoms with van der Waals surface area (Å²) in [6.07, 6.45) is 3.70. The summed E-state index contributed by atoms with van der Waals surface area (Å²) in [4.78, 5) is 23.5. The number of rotatable bonds is 6. The largest absolute Gasteiger partial charge is 0.356 e. The molecule has 7 heteroatoms. The molecule has 138 valence electrons. The minimum atomic E-state index is -0.184. The molecular weight excluding hydrogens is 350 g/mol. The lowest BCUT2D eigenvalue weighted by atomic mass is 10.1. The summed E-state index contributed by atoms with van der Waals surface area (Å²) in [6.45, 7) is 5.06. The van der Waals surface area contributed by atoms with E-state index in [0.717, 1.165) is 24.6 Å². The van der Waals surface area contributed by atoms with Gasteiger partial charge in [0.25, 0.3) is 5.91 Å². The van der Waals surface area contributed by atoms with E-state index in [1.807, 2.05) is 13.0 Å². The Labute approximate surface area is 159 Å². The standard InChI is InChI=1S/C19H24ClN5O/c1-14-13-17(25-11-5-2-6-12-25)24-19(23-14)22-10-9-21-18(26)15-7-3-4-8-16(15)20/h3-4,7-8,13H,2,5-6,9-12H2,1H3,(H,21,26)(H,22,23,24). The molecule has 0 bridgehead atoms. The van der Waals surface area contributed by atoms with Crippen molar-refractivity contribution in [2.45, 2.75) is 26.2 Å². The number of aryl methyl sites for hydroxylation is 1. The molecule has 1 fully saturated rings. The number of anilines is 2. The molecule has 1 aliphatic heterocycles. The van der Waals surface area contributed by atoms with Crippen LogP contribution in [0.4, 0.5) is 11.8 Å². The molecule has 1 amide bonds. The highest BCUT2D eigenvalue weighted by atomic mass is 35.5. The number of halogens is 1. The van der Waals surface area contributed by atoms with Gasteiger partial charge in [-0.3, -0.25) is 4.79 Å². The van der Waals surface area contributed by atoms with Crippen molar-refractivity contribution in [3.63, 3.8) is 0 Å². The predicted octanol–water partition coefficient (Wildman–Crippen LogP) is 3.27. The van der Waals surface area contributed by atoms with Gasteiger partial charge in [-0.2, -0.15) is 4.98 Å². The minimum Gasteiger partial charge on any atom is -0.356 e. The molecule has 1 aromatic heterocycles. The summed E-state index contributed by atoms with van der Waals surface area (Å²) >= 11 is 6.04. The molecule has 1 aliphatic rings. The number of aromatic nitrogens is 2. The Morgan fingerprint density at radius 3 is 2.69 bits per heavy atom. The fourth-order valence-corrected chi connectivity index (χ4v) is 3.23. The van der Waals surface area contributed by atoms with Crippen LogP contribution in [-0.4, -0.2) is 42.1 Å². The highest BCUT2D eigenvalue weighted by Gasteiger charge is 2.14. The van der Waals surface area contributed by atoms with Crippen LogP contribution in [0, 0.1) is 6.92 Å². The van der Waals surface area contributed by atoms with Crippen molar-refractivity contribution in [2.24, 2.45) is 0 Å². The number of amides is 1. The Hall–Kier alpha value is -2.34. The van der Waals surface area contributed by atoms with Gasteiger partial charge in [0.15, 0.2) is 0 Å². The van der Waals surface area contributed by atoms with Crippen LogP contribution in [0.3, 0.4) is 0 Å². The number of piperidine rings is 1. The van der Waals surface area contributed by atoms with Crippen LogP contribution >= 0.6 is 11.6 Å². The summed E-state index contributed by atoms with van der Waals surface area (Å²) in [5, 5.41) is 6.49. The number of nitrogens with zero attached hydrogens (tertiary/aromatic N) is 3. The number of hydrogen-bond donors (Lipinski definition) is 2. The molecule has 0 radical (unpaired) electrons. The third-order valence-electron chi connectivity index (χ3n) is 4.33. The van der Waals surface area contributed by atoms with Crippen LogP contribution in [-0.2, 0) is 0 Å². The molecule has 2 heterocycles. The second kappa shape index (κ2) is 8.85. The maximum atomic E-state index is 12.1. The molecular formula is C19H24ClN5O. The third kappa shape index (κ3) is 4.85. The fraction of sp³-hybridized carbons (Fsp3) is 0.421. The van der Waals surface area contributed by atoms with E-state index in [4.69, 9.17) is 11.6 Å². The molecule has 2 N–H and O–H groups in total. The predicted molar refractivity (Wildman–Crippen MR) is 105 cm³/mol. The van der Waals surface area contributed by atoms with E-state index < -0.39 is 0 Å². The van der Waals surface area contributed by atoms with Gasteiger partial charge in [0.05, 0.1) is 10.6 Å². The van der Waals surface area contributed by atoms with Crippen LogP contribution in [0.2, 0.25) is 5.02 Å². The summed E-state index contributed by atoms with van der Waals surface area (Å²) in [5.74, 6) is 1.38. The molecule has 0 atom stereocenters. The van der Waals surface area contributed by atoms with Crippen LogP contribution in [0.25, 0.3) is 0 Å². The maximum absolute atomic E-state index is 12.1. The zero-order chi connectivity index (χ0) is 18.4. The second-order valence-corrected chi connectivity index (χ2v) is 6.81. The second-order valence-electron chi connectivity index (χ2n) is 6.40. The fourth-order valence-electron chi connectivity index (χ4n) is 3.01. The van der Waals surface area contributed by atoms with Gasteiger partial charge in [0.1, 0.15) is 5.82 Å². The van der Waals surface area contributed by atoms with Crippen molar-refractivity contribution < 1.29 is 4.79 Å². The average molecular weight is 374 g/mol. The highest BCUT2D eigenvalue weighted by molar-refractivity contribution is 6.33. The Morgan fingerprint density at radius 2 is 1.92 bits per heavy atom. The van der Waals surface area contributed by atoms with Gasteiger partial charge in [-0.05, 0) is 38.3 Å². The average Bonchev–Trinajstić information content (AvgIpc) is 2.66. The van der Waals surface area contributed by atoms with Crippen molar-refractivity contribution in [2.75, 3.05) is 36.4 Å². The molecule has 0 unspecified atom stereocenters. The SMILES string of the molecule is Cc1cc(N2CCCCC2)nc(NCCNC(=O)c2ccccc2Cl)n1. The monoisotopic (exact) mass is 373 g/mol. The van der Waals surface area contributed by atoms with Gasteiger partial charge in [0.2, 0.25) is 5.95 Å². The maximum Gasteiger partial charge on any atom is 0.252 e. The Morgan fingerprint density at radius 1 is 1.15 bits per heavy atom. The van der Waals surface area contributed by atoms with E-state index in [0.29, 0.717) is 29.6 Å². The molecule has 1 aromatic carbocycles. The minimum absolute atomic E-state index is 0.184. The molecule has 0 saturated carbocycles. The zero-order valence-electron chi connectivity index (χ0n) is 15.0. The van der Waals surface area contributed by atoms with Gasteiger partial charge >= 0.3 is 0 Å². The number of carbonyl (C=O) groups is 1. The Bertz CT molecular complexity index is 761. The normalized spacial score (nSPS) is 14.2. The van der Waals surface area contributed by atoms with Gasteiger partial charge in [0, 0.05) is 37.9 Å².